The van der Waals surface area contributed by atoms with Crippen molar-refractivity contribution in [3.8, 4) is 5.75 Å². The molecule has 0 radical (unpaired) electrons. The first-order chi connectivity index (χ1) is 15.2. The molecule has 2 unspecified atom stereocenters. The number of fused-ring (bicyclic) bond motifs is 1. The van der Waals surface area contributed by atoms with Crippen molar-refractivity contribution in [2.45, 2.75) is 45.2 Å². The molecule has 3 nitrogen and oxygen atoms in total. The van der Waals surface area contributed by atoms with Gasteiger partial charge in [0, 0.05) is 25.7 Å². The van der Waals surface area contributed by atoms with Gasteiger partial charge in [-0.2, -0.15) is 0 Å². The predicted octanol–water partition coefficient (Wildman–Crippen LogP) is 6.98. The number of piperazine rings is 1. The van der Waals surface area contributed by atoms with E-state index >= 15 is 0 Å². The number of halogens is 2. The number of benzene rings is 3. The Labute approximate surface area is 211 Å². The van der Waals surface area contributed by atoms with Crippen molar-refractivity contribution in [3.63, 3.8) is 0 Å². The van der Waals surface area contributed by atoms with Gasteiger partial charge in [-0.05, 0) is 60.0 Å². The van der Waals surface area contributed by atoms with Gasteiger partial charge in [-0.15, -0.1) is 24.8 Å². The first-order valence-electron chi connectivity index (χ1n) is 11.8. The van der Waals surface area contributed by atoms with Crippen LogP contribution >= 0.6 is 24.8 Å². The Morgan fingerprint density at radius 1 is 0.879 bits per heavy atom. The highest BCUT2D eigenvalue weighted by Gasteiger charge is 2.31. The standard InChI is InChI=1S/C28H36N2O.2ClH/c1-4-5-8-16-29-17-18-30(22(2)21-29)28(25-12-9-13-27(20-25)31-3)26-15-14-23-10-6-7-11-24(23)19-26;;/h6-7,9-15,19-20,22,28H,4-5,8,16-18,21H2,1-3H3;2*1H. The van der Waals surface area contributed by atoms with Crippen molar-refractivity contribution in [2.24, 2.45) is 0 Å². The molecule has 3 aromatic rings. The molecular formula is C28H38Cl2N2O. The van der Waals surface area contributed by atoms with Gasteiger partial charge in [-0.25, -0.2) is 0 Å². The Balaban J connectivity index is 0.00000193. The monoisotopic (exact) mass is 488 g/mol. The van der Waals surface area contributed by atoms with Gasteiger partial charge in [0.15, 0.2) is 0 Å². The maximum absolute atomic E-state index is 5.57. The number of methoxy groups -OCH3 is 1. The molecule has 0 bridgehead atoms. The summed E-state index contributed by atoms with van der Waals surface area (Å²) in [6.45, 7) is 9.26. The Hall–Kier alpha value is -1.78. The van der Waals surface area contributed by atoms with Crippen LogP contribution in [0.3, 0.4) is 0 Å². The minimum Gasteiger partial charge on any atom is -0.497 e. The molecule has 0 aromatic heterocycles. The van der Waals surface area contributed by atoms with Gasteiger partial charge in [0.25, 0.3) is 0 Å². The lowest BCUT2D eigenvalue weighted by molar-refractivity contribution is 0.0599. The summed E-state index contributed by atoms with van der Waals surface area (Å²) in [6.07, 6.45) is 3.93. The van der Waals surface area contributed by atoms with Gasteiger partial charge in [-0.3, -0.25) is 4.90 Å². The van der Waals surface area contributed by atoms with Crippen LogP contribution in [0.5, 0.6) is 5.75 Å². The van der Waals surface area contributed by atoms with E-state index in [0.717, 1.165) is 25.4 Å². The lowest BCUT2D eigenvalue weighted by Gasteiger charge is -2.44. The molecule has 3 aromatic carbocycles. The molecule has 0 amide bonds. The van der Waals surface area contributed by atoms with Gasteiger partial charge in [0.1, 0.15) is 5.75 Å². The summed E-state index contributed by atoms with van der Waals surface area (Å²) >= 11 is 0. The number of ether oxygens (including phenoxy) is 1. The number of rotatable bonds is 8. The molecule has 0 N–H and O–H groups in total. The van der Waals surface area contributed by atoms with E-state index in [0.29, 0.717) is 6.04 Å². The predicted molar refractivity (Wildman–Crippen MR) is 145 cm³/mol. The minimum absolute atomic E-state index is 0. The third-order valence-electron chi connectivity index (χ3n) is 6.67. The van der Waals surface area contributed by atoms with Crippen molar-refractivity contribution in [2.75, 3.05) is 33.3 Å². The highest BCUT2D eigenvalue weighted by molar-refractivity contribution is 5.85. The van der Waals surface area contributed by atoms with Crippen LogP contribution in [-0.2, 0) is 0 Å². The zero-order valence-corrected chi connectivity index (χ0v) is 21.7. The summed E-state index contributed by atoms with van der Waals surface area (Å²) in [7, 11) is 1.75. The van der Waals surface area contributed by atoms with Gasteiger partial charge in [-0.1, -0.05) is 68.3 Å². The highest BCUT2D eigenvalue weighted by atomic mass is 35.5. The lowest BCUT2D eigenvalue weighted by atomic mass is 9.93. The van der Waals surface area contributed by atoms with E-state index in [1.54, 1.807) is 7.11 Å². The first kappa shape index (κ1) is 27.5. The Kier molecular flexibility index (Phi) is 11.0. The summed E-state index contributed by atoms with van der Waals surface area (Å²) < 4.78 is 5.57. The van der Waals surface area contributed by atoms with Crippen molar-refractivity contribution in [3.05, 3.63) is 77.9 Å². The molecule has 0 spiro atoms. The van der Waals surface area contributed by atoms with Crippen LogP contribution in [0, 0.1) is 0 Å². The second-order valence-corrected chi connectivity index (χ2v) is 8.88. The number of nitrogens with zero attached hydrogens (tertiary/aromatic N) is 2. The number of unbranched alkanes of at least 4 members (excludes halogenated alkanes) is 2. The third kappa shape index (κ3) is 6.64. The smallest absolute Gasteiger partial charge is 0.119 e. The van der Waals surface area contributed by atoms with Gasteiger partial charge in [0.2, 0.25) is 0 Å². The van der Waals surface area contributed by atoms with Crippen LogP contribution < -0.4 is 4.74 Å². The average Bonchev–Trinajstić information content (AvgIpc) is 2.81. The van der Waals surface area contributed by atoms with E-state index in [9.17, 15) is 0 Å². The molecular weight excluding hydrogens is 451 g/mol. The van der Waals surface area contributed by atoms with Gasteiger partial charge < -0.3 is 9.64 Å². The first-order valence-corrected chi connectivity index (χ1v) is 11.8. The van der Waals surface area contributed by atoms with Crippen LogP contribution in [-0.4, -0.2) is 49.1 Å². The van der Waals surface area contributed by atoms with E-state index in [1.807, 2.05) is 6.07 Å². The van der Waals surface area contributed by atoms with Gasteiger partial charge in [0.05, 0.1) is 13.2 Å². The second kappa shape index (κ2) is 13.2. The van der Waals surface area contributed by atoms with E-state index in [2.05, 4.69) is 84.3 Å². The number of hydrogen-bond donors (Lipinski definition) is 0. The van der Waals surface area contributed by atoms with E-state index < -0.39 is 0 Å². The summed E-state index contributed by atoms with van der Waals surface area (Å²) in [6, 6.07) is 25.0. The Morgan fingerprint density at radius 3 is 2.36 bits per heavy atom. The lowest BCUT2D eigenvalue weighted by Crippen LogP contribution is -2.53. The SMILES string of the molecule is CCCCCN1CCN(C(c2cccc(OC)c2)c2ccc3ccccc3c2)C(C)C1.Cl.Cl. The van der Waals surface area contributed by atoms with Crippen LogP contribution in [0.25, 0.3) is 10.8 Å². The van der Waals surface area contributed by atoms with Crippen LogP contribution in [0.1, 0.15) is 50.3 Å². The van der Waals surface area contributed by atoms with Crippen LogP contribution in [0.2, 0.25) is 0 Å². The molecule has 5 heteroatoms. The zero-order chi connectivity index (χ0) is 21.6. The molecule has 1 fully saturated rings. The van der Waals surface area contributed by atoms with E-state index in [-0.39, 0.29) is 30.9 Å². The summed E-state index contributed by atoms with van der Waals surface area (Å²) in [5, 5.41) is 2.60. The topological polar surface area (TPSA) is 15.7 Å². The zero-order valence-electron chi connectivity index (χ0n) is 20.1. The maximum atomic E-state index is 5.57. The normalized spacial score (nSPS) is 17.7. The fourth-order valence-electron chi connectivity index (χ4n) is 4.98. The van der Waals surface area contributed by atoms with E-state index in [4.69, 9.17) is 4.74 Å². The fourth-order valence-corrected chi connectivity index (χ4v) is 4.98. The van der Waals surface area contributed by atoms with Gasteiger partial charge >= 0.3 is 0 Å². The largest absolute Gasteiger partial charge is 0.497 e. The van der Waals surface area contributed by atoms with E-state index in [1.165, 1.54) is 47.7 Å². The molecule has 1 heterocycles. The second-order valence-electron chi connectivity index (χ2n) is 8.88. The molecule has 1 aliphatic heterocycles. The summed E-state index contributed by atoms with van der Waals surface area (Å²) in [5.41, 5.74) is 2.67. The molecule has 0 aliphatic carbocycles. The molecule has 180 valence electrons. The molecule has 1 saturated heterocycles. The molecule has 2 atom stereocenters. The average molecular weight is 490 g/mol. The van der Waals surface area contributed by atoms with Crippen LogP contribution in [0.15, 0.2) is 66.7 Å². The summed E-state index contributed by atoms with van der Waals surface area (Å²) in [4.78, 5) is 5.34. The van der Waals surface area contributed by atoms with Crippen LogP contribution in [0.4, 0.5) is 0 Å². The Bertz CT molecular complexity index is 996. The molecule has 0 saturated carbocycles. The third-order valence-corrected chi connectivity index (χ3v) is 6.67. The molecule has 4 rings (SSSR count). The minimum atomic E-state index is 0. The quantitative estimate of drug-likeness (QED) is 0.318. The molecule has 33 heavy (non-hydrogen) atoms. The summed E-state index contributed by atoms with van der Waals surface area (Å²) in [5.74, 6) is 0.925. The van der Waals surface area contributed by atoms with Crippen molar-refractivity contribution < 1.29 is 4.74 Å². The number of hydrogen-bond acceptors (Lipinski definition) is 3. The van der Waals surface area contributed by atoms with Crippen molar-refractivity contribution in [1.29, 1.82) is 0 Å². The Morgan fingerprint density at radius 2 is 1.64 bits per heavy atom. The fraction of sp³-hybridized carbons (Fsp3) is 0.429. The molecule has 1 aliphatic rings. The highest BCUT2D eigenvalue weighted by Crippen LogP contribution is 2.35. The van der Waals surface area contributed by atoms with Crippen molar-refractivity contribution in [1.82, 2.24) is 9.80 Å². The van der Waals surface area contributed by atoms with Crippen molar-refractivity contribution >= 4 is 35.6 Å². The maximum Gasteiger partial charge on any atom is 0.119 e.